The van der Waals surface area contributed by atoms with Crippen LogP contribution in [-0.2, 0) is 30.9 Å². The van der Waals surface area contributed by atoms with Crippen LogP contribution in [0.1, 0.15) is 94.2 Å². The van der Waals surface area contributed by atoms with Crippen LogP contribution in [0.15, 0.2) is 58.3 Å². The minimum atomic E-state index is -3.57. The molecule has 0 aliphatic rings. The van der Waals surface area contributed by atoms with E-state index in [4.69, 9.17) is 23.2 Å². The summed E-state index contributed by atoms with van der Waals surface area (Å²) >= 11 is 11.9. The lowest BCUT2D eigenvalue weighted by Gasteiger charge is -2.32. The van der Waals surface area contributed by atoms with Crippen molar-refractivity contribution < 1.29 is 16.8 Å². The van der Waals surface area contributed by atoms with Gasteiger partial charge in [0.1, 0.15) is 0 Å². The maximum atomic E-state index is 12.5. The number of halogens is 2. The number of alkyl halides is 2. The summed E-state index contributed by atoms with van der Waals surface area (Å²) in [5.41, 5.74) is 0.874. The van der Waals surface area contributed by atoms with Gasteiger partial charge in [-0.1, -0.05) is 93.5 Å². The lowest BCUT2D eigenvalue weighted by atomic mass is 9.87. The van der Waals surface area contributed by atoms with E-state index in [2.05, 4.69) is 51.0 Å². The molecule has 0 aromatic heterocycles. The van der Waals surface area contributed by atoms with Crippen molar-refractivity contribution in [2.45, 2.75) is 115 Å². The molecule has 2 aromatic rings. The van der Waals surface area contributed by atoms with Gasteiger partial charge in [0.15, 0.2) is 0 Å². The number of rotatable bonds is 10. The third-order valence-electron chi connectivity index (χ3n) is 7.90. The SMILES string of the molecule is CC(C)[C@](C)(CCl)NS(=O)(=O)c1ccc(C(C)(C)C)cc1.CC(C)[C@](C)(CCl)NS(=O)(=O)c1ccc(C(C)(C)C)cc1. The molecule has 2 atom stereocenters. The maximum absolute atomic E-state index is 12.5. The van der Waals surface area contributed by atoms with Crippen LogP contribution in [-0.4, -0.2) is 39.7 Å². The first-order valence-corrected chi connectivity index (χ1v) is 18.3. The van der Waals surface area contributed by atoms with Gasteiger partial charge in [0.05, 0.1) is 9.79 Å². The van der Waals surface area contributed by atoms with Crippen molar-refractivity contribution in [3.8, 4) is 0 Å². The van der Waals surface area contributed by atoms with E-state index in [9.17, 15) is 16.8 Å². The molecule has 10 heteroatoms. The smallest absolute Gasteiger partial charge is 0.207 e. The first kappa shape index (κ1) is 38.9. The lowest BCUT2D eigenvalue weighted by Crippen LogP contribution is -2.51. The van der Waals surface area contributed by atoms with Gasteiger partial charge in [0.2, 0.25) is 20.0 Å². The van der Waals surface area contributed by atoms with E-state index >= 15 is 0 Å². The van der Waals surface area contributed by atoms with Crippen LogP contribution in [0.4, 0.5) is 0 Å². The molecule has 0 saturated heterocycles. The van der Waals surface area contributed by atoms with Gasteiger partial charge in [-0.15, -0.1) is 23.2 Å². The van der Waals surface area contributed by atoms with Gasteiger partial charge in [-0.25, -0.2) is 26.3 Å². The van der Waals surface area contributed by atoms with Crippen LogP contribution in [0.5, 0.6) is 0 Å². The fourth-order valence-electron chi connectivity index (χ4n) is 3.60. The van der Waals surface area contributed by atoms with Crippen LogP contribution in [0.25, 0.3) is 0 Å². The summed E-state index contributed by atoms with van der Waals surface area (Å²) in [4.78, 5) is 0.542. The number of hydrogen-bond acceptors (Lipinski definition) is 4. The summed E-state index contributed by atoms with van der Waals surface area (Å²) in [5, 5.41) is 0. The monoisotopic (exact) mass is 662 g/mol. The molecule has 2 rings (SSSR count). The third kappa shape index (κ3) is 10.5. The van der Waals surface area contributed by atoms with Gasteiger partial charge in [0.25, 0.3) is 0 Å². The standard InChI is InChI=1S/2C16H26ClNO2S/c2*1-12(2)16(6,11-17)18-21(19,20)14-9-7-13(8-10-14)15(3,4)5/h2*7-10,12,18H,11H2,1-6H3/t2*16-/m00/s1. The van der Waals surface area contributed by atoms with E-state index < -0.39 is 31.1 Å². The van der Waals surface area contributed by atoms with Crippen LogP contribution < -0.4 is 9.44 Å². The van der Waals surface area contributed by atoms with Gasteiger partial charge in [-0.3, -0.25) is 0 Å². The Morgan fingerprint density at radius 1 is 0.548 bits per heavy atom. The second-order valence-electron chi connectivity index (χ2n) is 14.2. The third-order valence-corrected chi connectivity index (χ3v) is 12.3. The van der Waals surface area contributed by atoms with Crippen LogP contribution >= 0.6 is 23.2 Å². The fourth-order valence-corrected chi connectivity index (χ4v) is 7.58. The van der Waals surface area contributed by atoms with Gasteiger partial charge in [-0.05, 0) is 71.9 Å². The van der Waals surface area contributed by atoms with Crippen molar-refractivity contribution in [3.05, 3.63) is 59.7 Å². The number of benzene rings is 2. The Bertz CT molecular complexity index is 1250. The Balaban J connectivity index is 0.000000420. The van der Waals surface area contributed by atoms with Gasteiger partial charge in [0, 0.05) is 22.8 Å². The summed E-state index contributed by atoms with van der Waals surface area (Å²) in [6, 6.07) is 14.1. The van der Waals surface area contributed by atoms with Crippen LogP contribution in [0, 0.1) is 11.8 Å². The summed E-state index contributed by atoms with van der Waals surface area (Å²) < 4.78 is 55.5. The Kier molecular flexibility index (Phi) is 13.2. The minimum absolute atomic E-state index is 0.00168. The minimum Gasteiger partial charge on any atom is -0.207 e. The zero-order chi connectivity index (χ0) is 32.9. The molecule has 0 radical (unpaired) electrons. The average Bonchev–Trinajstić information content (AvgIpc) is 2.87. The molecule has 6 nitrogen and oxygen atoms in total. The van der Waals surface area contributed by atoms with Crippen molar-refractivity contribution in [2.75, 3.05) is 11.8 Å². The van der Waals surface area contributed by atoms with Gasteiger partial charge < -0.3 is 0 Å². The highest BCUT2D eigenvalue weighted by Gasteiger charge is 2.34. The molecule has 0 heterocycles. The lowest BCUT2D eigenvalue weighted by molar-refractivity contribution is 0.340. The van der Waals surface area contributed by atoms with Crippen molar-refractivity contribution in [1.82, 2.24) is 9.44 Å². The highest BCUT2D eigenvalue weighted by atomic mass is 35.5. The predicted octanol–water partition coefficient (Wildman–Crippen LogP) is 7.83. The molecule has 0 unspecified atom stereocenters. The molecule has 0 fully saturated rings. The number of nitrogens with one attached hydrogen (secondary N) is 2. The molecule has 2 N–H and O–H groups in total. The molecule has 0 aliphatic heterocycles. The van der Waals surface area contributed by atoms with E-state index in [0.29, 0.717) is 0 Å². The Labute approximate surface area is 266 Å². The predicted molar refractivity (Wildman–Crippen MR) is 179 cm³/mol. The van der Waals surface area contributed by atoms with E-state index in [0.717, 1.165) is 11.1 Å². The van der Waals surface area contributed by atoms with Crippen molar-refractivity contribution >= 4 is 43.2 Å². The largest absolute Gasteiger partial charge is 0.241 e. The first-order valence-electron chi connectivity index (χ1n) is 14.3. The maximum Gasteiger partial charge on any atom is 0.241 e. The summed E-state index contributed by atoms with van der Waals surface area (Å²) in [6.45, 7) is 24.0. The van der Waals surface area contributed by atoms with Crippen LogP contribution in [0.2, 0.25) is 0 Å². The second kappa shape index (κ2) is 14.3. The normalized spacial score (nSPS) is 16.0. The molecule has 0 amide bonds. The van der Waals surface area contributed by atoms with E-state index in [1.165, 1.54) is 0 Å². The number of hydrogen-bond donors (Lipinski definition) is 2. The molecule has 0 bridgehead atoms. The molecule has 0 spiro atoms. The topological polar surface area (TPSA) is 92.3 Å². The molecule has 0 saturated carbocycles. The molecule has 0 aliphatic carbocycles. The molecular formula is C32H52Cl2N2O4S2. The zero-order valence-electron chi connectivity index (χ0n) is 27.4. The van der Waals surface area contributed by atoms with Gasteiger partial charge >= 0.3 is 0 Å². The summed E-state index contributed by atoms with van der Waals surface area (Å²) in [6.07, 6.45) is 0. The zero-order valence-corrected chi connectivity index (χ0v) is 30.5. The van der Waals surface area contributed by atoms with E-state index in [1.807, 2.05) is 65.8 Å². The fraction of sp³-hybridized carbons (Fsp3) is 0.625. The Morgan fingerprint density at radius 3 is 0.952 bits per heavy atom. The molecular weight excluding hydrogens is 611 g/mol. The molecule has 42 heavy (non-hydrogen) atoms. The van der Waals surface area contributed by atoms with E-state index in [-0.39, 0.29) is 44.2 Å². The Hall–Kier alpha value is -1.16. The average molecular weight is 664 g/mol. The van der Waals surface area contributed by atoms with Gasteiger partial charge in [-0.2, -0.15) is 0 Å². The molecule has 240 valence electrons. The van der Waals surface area contributed by atoms with Crippen molar-refractivity contribution in [3.63, 3.8) is 0 Å². The van der Waals surface area contributed by atoms with Crippen molar-refractivity contribution in [1.29, 1.82) is 0 Å². The van der Waals surface area contributed by atoms with Crippen molar-refractivity contribution in [2.24, 2.45) is 11.8 Å². The summed E-state index contributed by atoms with van der Waals surface area (Å²) in [7, 11) is -7.14. The first-order chi connectivity index (χ1) is 18.8. The second-order valence-corrected chi connectivity index (χ2v) is 18.1. The molecule has 2 aromatic carbocycles. The highest BCUT2D eigenvalue weighted by Crippen LogP contribution is 2.27. The van der Waals surface area contributed by atoms with Crippen LogP contribution in [0.3, 0.4) is 0 Å². The number of sulfonamides is 2. The van der Waals surface area contributed by atoms with E-state index in [1.54, 1.807) is 24.3 Å². The highest BCUT2D eigenvalue weighted by molar-refractivity contribution is 7.89. The summed E-state index contributed by atoms with van der Waals surface area (Å²) in [5.74, 6) is 0.644. The Morgan fingerprint density at radius 2 is 0.786 bits per heavy atom. The quantitative estimate of drug-likeness (QED) is 0.254.